The average Bonchev–Trinajstić information content (AvgIpc) is 2.88. The van der Waals surface area contributed by atoms with Crippen molar-refractivity contribution in [1.82, 2.24) is 5.32 Å². The molecule has 2 heterocycles. The van der Waals surface area contributed by atoms with Gasteiger partial charge in [-0.3, -0.25) is 0 Å². The van der Waals surface area contributed by atoms with E-state index >= 15 is 0 Å². The Labute approximate surface area is 113 Å². The number of furan rings is 1. The van der Waals surface area contributed by atoms with Crippen LogP contribution in [0.5, 0.6) is 0 Å². The fourth-order valence-corrected chi connectivity index (χ4v) is 3.12. The van der Waals surface area contributed by atoms with Gasteiger partial charge in [-0.1, -0.05) is 6.92 Å². The maximum Gasteiger partial charge on any atom is 0.105 e. The molecule has 16 heavy (non-hydrogen) atoms. The molecule has 0 aliphatic carbocycles. The second kappa shape index (κ2) is 5.84. The fourth-order valence-electron chi connectivity index (χ4n) is 1.69. The summed E-state index contributed by atoms with van der Waals surface area (Å²) in [4.78, 5) is 0. The lowest BCUT2D eigenvalue weighted by Crippen LogP contribution is -2.22. The van der Waals surface area contributed by atoms with Crippen LogP contribution in [0.1, 0.15) is 24.3 Å². The molecule has 0 aromatic carbocycles. The van der Waals surface area contributed by atoms with Crippen molar-refractivity contribution in [3.05, 3.63) is 44.0 Å². The summed E-state index contributed by atoms with van der Waals surface area (Å²) in [6.45, 7) is 3.10. The summed E-state index contributed by atoms with van der Waals surface area (Å²) < 4.78 is 6.73. The Hall–Kier alpha value is -0.330. The van der Waals surface area contributed by atoms with Crippen molar-refractivity contribution < 1.29 is 4.42 Å². The molecule has 2 aromatic rings. The van der Waals surface area contributed by atoms with E-state index in [-0.39, 0.29) is 0 Å². The first-order valence-electron chi connectivity index (χ1n) is 5.29. The zero-order valence-corrected chi connectivity index (χ0v) is 12.0. The Bertz CT molecular complexity index is 424. The molecule has 0 aliphatic rings. The zero-order valence-electron chi connectivity index (χ0n) is 9.07. The van der Waals surface area contributed by atoms with Gasteiger partial charge in [-0.05, 0) is 58.3 Å². The molecule has 0 saturated heterocycles. The lowest BCUT2D eigenvalue weighted by molar-refractivity contribution is 0.455. The van der Waals surface area contributed by atoms with Crippen LogP contribution in [0.2, 0.25) is 0 Å². The number of halogens is 1. The number of hydrogen-bond acceptors (Lipinski definition) is 3. The standard InChI is InChI=1S/C12H14INOS/c1-2-14-11(7-10-4-3-5-15-10)9-6-12(13)16-8-9/h3-6,8,11,14H,2,7H2,1H3. The minimum Gasteiger partial charge on any atom is -0.469 e. The SMILES string of the molecule is CCNC(Cc1ccco1)c1csc(I)c1. The summed E-state index contributed by atoms with van der Waals surface area (Å²) in [5.74, 6) is 1.03. The van der Waals surface area contributed by atoms with Gasteiger partial charge in [-0.15, -0.1) is 11.3 Å². The third-order valence-electron chi connectivity index (χ3n) is 2.43. The summed E-state index contributed by atoms with van der Waals surface area (Å²) in [5, 5.41) is 5.71. The summed E-state index contributed by atoms with van der Waals surface area (Å²) in [7, 11) is 0. The molecule has 2 aromatic heterocycles. The van der Waals surface area contributed by atoms with Gasteiger partial charge in [0, 0.05) is 12.5 Å². The molecule has 0 spiro atoms. The molecule has 0 bridgehead atoms. The molecular formula is C12H14INOS. The highest BCUT2D eigenvalue weighted by molar-refractivity contribution is 14.1. The lowest BCUT2D eigenvalue weighted by atomic mass is 10.1. The van der Waals surface area contributed by atoms with Crippen LogP contribution in [-0.4, -0.2) is 6.54 Å². The van der Waals surface area contributed by atoms with Gasteiger partial charge in [0.15, 0.2) is 0 Å². The maximum atomic E-state index is 5.40. The summed E-state index contributed by atoms with van der Waals surface area (Å²) in [6.07, 6.45) is 2.64. The largest absolute Gasteiger partial charge is 0.469 e. The van der Waals surface area contributed by atoms with Crippen LogP contribution in [-0.2, 0) is 6.42 Å². The highest BCUT2D eigenvalue weighted by atomic mass is 127. The molecular weight excluding hydrogens is 333 g/mol. The van der Waals surface area contributed by atoms with Crippen LogP contribution in [0.4, 0.5) is 0 Å². The molecule has 86 valence electrons. The fraction of sp³-hybridized carbons (Fsp3) is 0.333. The van der Waals surface area contributed by atoms with Crippen molar-refractivity contribution in [3.8, 4) is 0 Å². The number of likely N-dealkylation sites (N-methyl/N-ethyl adjacent to an activating group) is 1. The van der Waals surface area contributed by atoms with Gasteiger partial charge in [0.2, 0.25) is 0 Å². The van der Waals surface area contributed by atoms with E-state index in [4.69, 9.17) is 4.42 Å². The van der Waals surface area contributed by atoms with E-state index < -0.39 is 0 Å². The number of nitrogens with one attached hydrogen (secondary N) is 1. The van der Waals surface area contributed by atoms with E-state index in [1.807, 2.05) is 12.1 Å². The Morgan fingerprint density at radius 2 is 2.44 bits per heavy atom. The molecule has 2 rings (SSSR count). The third kappa shape index (κ3) is 3.09. The highest BCUT2D eigenvalue weighted by Gasteiger charge is 2.13. The van der Waals surface area contributed by atoms with Crippen LogP contribution in [0.3, 0.4) is 0 Å². The first-order valence-corrected chi connectivity index (χ1v) is 7.25. The molecule has 0 aliphatic heterocycles. The smallest absolute Gasteiger partial charge is 0.105 e. The molecule has 1 atom stereocenters. The molecule has 1 unspecified atom stereocenters. The second-order valence-corrected chi connectivity index (χ2v) is 6.38. The first kappa shape index (κ1) is 12.1. The zero-order chi connectivity index (χ0) is 11.4. The summed E-state index contributed by atoms with van der Waals surface area (Å²) >= 11 is 4.15. The van der Waals surface area contributed by atoms with Gasteiger partial charge >= 0.3 is 0 Å². The minimum atomic E-state index is 0.357. The highest BCUT2D eigenvalue weighted by Crippen LogP contribution is 2.25. The van der Waals surface area contributed by atoms with Gasteiger partial charge in [0.1, 0.15) is 5.76 Å². The maximum absolute atomic E-state index is 5.40. The van der Waals surface area contributed by atoms with Gasteiger partial charge in [0.05, 0.1) is 9.15 Å². The van der Waals surface area contributed by atoms with Crippen molar-refractivity contribution in [3.63, 3.8) is 0 Å². The predicted octanol–water partition coefficient (Wildman–Crippen LogP) is 3.84. The molecule has 0 fully saturated rings. The Morgan fingerprint density at radius 3 is 3.00 bits per heavy atom. The van der Waals surface area contributed by atoms with Crippen LogP contribution in [0.15, 0.2) is 34.3 Å². The number of thiophene rings is 1. The molecule has 0 radical (unpaired) electrons. The van der Waals surface area contributed by atoms with Crippen molar-refractivity contribution in [1.29, 1.82) is 0 Å². The van der Waals surface area contributed by atoms with E-state index in [0.717, 1.165) is 18.7 Å². The van der Waals surface area contributed by atoms with Crippen LogP contribution >= 0.6 is 33.9 Å². The number of rotatable bonds is 5. The molecule has 0 saturated carbocycles. The Balaban J connectivity index is 2.11. The van der Waals surface area contributed by atoms with Crippen LogP contribution in [0.25, 0.3) is 0 Å². The predicted molar refractivity (Wildman–Crippen MR) is 75.9 cm³/mol. The molecule has 0 amide bonds. The van der Waals surface area contributed by atoms with Crippen molar-refractivity contribution in [2.75, 3.05) is 6.54 Å². The molecule has 4 heteroatoms. The molecule has 2 nitrogen and oxygen atoms in total. The first-order chi connectivity index (χ1) is 7.79. The Kier molecular flexibility index (Phi) is 4.43. The van der Waals surface area contributed by atoms with E-state index in [9.17, 15) is 0 Å². The van der Waals surface area contributed by atoms with E-state index in [0.29, 0.717) is 6.04 Å². The van der Waals surface area contributed by atoms with Gasteiger partial charge in [0.25, 0.3) is 0 Å². The third-order valence-corrected chi connectivity index (χ3v) is 4.23. The van der Waals surface area contributed by atoms with Crippen molar-refractivity contribution in [2.24, 2.45) is 0 Å². The quantitative estimate of drug-likeness (QED) is 0.832. The minimum absolute atomic E-state index is 0.357. The van der Waals surface area contributed by atoms with Crippen molar-refractivity contribution in [2.45, 2.75) is 19.4 Å². The van der Waals surface area contributed by atoms with Crippen LogP contribution < -0.4 is 5.32 Å². The van der Waals surface area contributed by atoms with Gasteiger partial charge in [-0.25, -0.2) is 0 Å². The molecule has 1 N–H and O–H groups in total. The van der Waals surface area contributed by atoms with Crippen LogP contribution in [0, 0.1) is 2.88 Å². The van der Waals surface area contributed by atoms with Gasteiger partial charge < -0.3 is 9.73 Å². The normalized spacial score (nSPS) is 12.9. The van der Waals surface area contributed by atoms with E-state index in [1.165, 1.54) is 8.45 Å². The van der Waals surface area contributed by atoms with E-state index in [2.05, 4.69) is 46.3 Å². The number of hydrogen-bond donors (Lipinski definition) is 1. The monoisotopic (exact) mass is 347 g/mol. The second-order valence-electron chi connectivity index (χ2n) is 3.58. The summed E-state index contributed by atoms with van der Waals surface area (Å²) in [6, 6.07) is 6.56. The summed E-state index contributed by atoms with van der Waals surface area (Å²) in [5.41, 5.74) is 1.35. The van der Waals surface area contributed by atoms with Crippen molar-refractivity contribution >= 4 is 33.9 Å². The lowest BCUT2D eigenvalue weighted by Gasteiger charge is -2.15. The van der Waals surface area contributed by atoms with E-state index in [1.54, 1.807) is 17.6 Å². The van der Waals surface area contributed by atoms with Gasteiger partial charge in [-0.2, -0.15) is 0 Å². The Morgan fingerprint density at radius 1 is 1.56 bits per heavy atom. The average molecular weight is 347 g/mol. The topological polar surface area (TPSA) is 25.2 Å².